The van der Waals surface area contributed by atoms with E-state index in [-0.39, 0.29) is 5.91 Å². The third kappa shape index (κ3) is 4.90. The number of nitrogens with one attached hydrogen (secondary N) is 2. The summed E-state index contributed by atoms with van der Waals surface area (Å²) < 4.78 is 0. The first-order valence-electron chi connectivity index (χ1n) is 8.87. The van der Waals surface area contributed by atoms with Gasteiger partial charge in [0, 0.05) is 51.4 Å². The number of hydrogen-bond donors (Lipinski definition) is 2. The van der Waals surface area contributed by atoms with Crippen LogP contribution in [-0.2, 0) is 6.54 Å². The lowest BCUT2D eigenvalue weighted by Gasteiger charge is -2.32. The molecule has 1 aromatic rings. The van der Waals surface area contributed by atoms with Crippen molar-refractivity contribution in [3.63, 3.8) is 0 Å². The molecular formula is C19H28N4O. The summed E-state index contributed by atoms with van der Waals surface area (Å²) in [5.41, 5.74) is 3.33. The minimum atomic E-state index is 0.0144. The summed E-state index contributed by atoms with van der Waals surface area (Å²) in [7, 11) is 2.17. The van der Waals surface area contributed by atoms with E-state index in [0.29, 0.717) is 6.54 Å². The zero-order chi connectivity index (χ0) is 16.8. The van der Waals surface area contributed by atoms with Crippen molar-refractivity contribution >= 4 is 5.91 Å². The fourth-order valence-corrected chi connectivity index (χ4v) is 3.15. The average Bonchev–Trinajstić information content (AvgIpc) is 2.63. The van der Waals surface area contributed by atoms with Crippen LogP contribution in [0.25, 0.3) is 0 Å². The average molecular weight is 328 g/mol. The maximum atomic E-state index is 12.3. The number of amides is 1. The first-order valence-corrected chi connectivity index (χ1v) is 8.87. The Hall–Kier alpha value is -1.69. The molecule has 0 saturated carbocycles. The number of hydrogen-bond acceptors (Lipinski definition) is 4. The summed E-state index contributed by atoms with van der Waals surface area (Å²) in [5.74, 6) is 0.0144. The van der Waals surface area contributed by atoms with Crippen molar-refractivity contribution in [3.05, 3.63) is 47.0 Å². The van der Waals surface area contributed by atoms with Gasteiger partial charge < -0.3 is 15.5 Å². The highest BCUT2D eigenvalue weighted by Crippen LogP contribution is 2.10. The van der Waals surface area contributed by atoms with Crippen molar-refractivity contribution in [3.8, 4) is 0 Å². The zero-order valence-corrected chi connectivity index (χ0v) is 14.6. The molecule has 2 aliphatic rings. The van der Waals surface area contributed by atoms with Gasteiger partial charge in [-0.2, -0.15) is 0 Å². The standard InChI is InChI=1S/C19H28N4O/c1-22-10-12-23(13-11-22)15-17-2-4-18(5-3-17)19(24)21-14-16-6-8-20-9-7-16/h2-6,20H,7-15H2,1H3,(H,21,24). The van der Waals surface area contributed by atoms with Gasteiger partial charge in [-0.05, 0) is 37.7 Å². The number of carbonyl (C=O) groups is 1. The lowest BCUT2D eigenvalue weighted by Crippen LogP contribution is -2.43. The summed E-state index contributed by atoms with van der Waals surface area (Å²) in [4.78, 5) is 17.1. The van der Waals surface area contributed by atoms with Crippen LogP contribution in [0, 0.1) is 0 Å². The van der Waals surface area contributed by atoms with Gasteiger partial charge in [-0.15, -0.1) is 0 Å². The van der Waals surface area contributed by atoms with Crippen LogP contribution in [0.4, 0.5) is 0 Å². The topological polar surface area (TPSA) is 47.6 Å². The fraction of sp³-hybridized carbons (Fsp3) is 0.526. The van der Waals surface area contributed by atoms with Gasteiger partial charge in [-0.25, -0.2) is 0 Å². The monoisotopic (exact) mass is 328 g/mol. The number of likely N-dealkylation sites (N-methyl/N-ethyl adjacent to an activating group) is 1. The molecule has 3 rings (SSSR count). The molecule has 0 aliphatic carbocycles. The first-order chi connectivity index (χ1) is 11.7. The molecule has 5 nitrogen and oxygen atoms in total. The van der Waals surface area contributed by atoms with E-state index in [1.807, 2.05) is 12.1 Å². The van der Waals surface area contributed by atoms with E-state index in [0.717, 1.165) is 57.8 Å². The number of nitrogens with zero attached hydrogens (tertiary/aromatic N) is 2. The summed E-state index contributed by atoms with van der Waals surface area (Å²) in [5, 5.41) is 6.30. The van der Waals surface area contributed by atoms with E-state index in [9.17, 15) is 4.79 Å². The minimum Gasteiger partial charge on any atom is -0.348 e. The number of rotatable bonds is 5. The molecule has 2 heterocycles. The molecule has 1 saturated heterocycles. The van der Waals surface area contributed by atoms with Crippen LogP contribution >= 0.6 is 0 Å². The maximum absolute atomic E-state index is 12.3. The second-order valence-electron chi connectivity index (χ2n) is 6.78. The smallest absolute Gasteiger partial charge is 0.251 e. The molecule has 1 amide bonds. The Labute approximate surface area is 144 Å². The Morgan fingerprint density at radius 3 is 2.58 bits per heavy atom. The molecule has 1 aromatic carbocycles. The summed E-state index contributed by atoms with van der Waals surface area (Å²) in [6.07, 6.45) is 3.19. The molecule has 5 heteroatoms. The maximum Gasteiger partial charge on any atom is 0.251 e. The third-order valence-electron chi connectivity index (χ3n) is 4.85. The molecule has 0 unspecified atom stereocenters. The van der Waals surface area contributed by atoms with E-state index in [1.54, 1.807) is 0 Å². The third-order valence-corrected chi connectivity index (χ3v) is 4.85. The highest BCUT2D eigenvalue weighted by molar-refractivity contribution is 5.94. The summed E-state index contributed by atoms with van der Waals surface area (Å²) >= 11 is 0. The van der Waals surface area contributed by atoms with Gasteiger partial charge in [0.2, 0.25) is 0 Å². The van der Waals surface area contributed by atoms with Crippen molar-refractivity contribution in [1.82, 2.24) is 20.4 Å². The van der Waals surface area contributed by atoms with Crippen molar-refractivity contribution in [2.75, 3.05) is 52.9 Å². The molecule has 2 aliphatic heterocycles. The van der Waals surface area contributed by atoms with Crippen LogP contribution in [0.2, 0.25) is 0 Å². The van der Waals surface area contributed by atoms with Crippen LogP contribution in [-0.4, -0.2) is 68.6 Å². The quantitative estimate of drug-likeness (QED) is 0.794. The molecule has 0 bridgehead atoms. The Balaban J connectivity index is 1.48. The highest BCUT2D eigenvalue weighted by Gasteiger charge is 2.14. The predicted octanol–water partition coefficient (Wildman–Crippen LogP) is 1.08. The van der Waals surface area contributed by atoms with Crippen LogP contribution in [0.1, 0.15) is 22.3 Å². The van der Waals surface area contributed by atoms with E-state index in [2.05, 4.69) is 45.7 Å². The molecule has 0 radical (unpaired) electrons. The van der Waals surface area contributed by atoms with Gasteiger partial charge in [0.15, 0.2) is 0 Å². The molecule has 2 N–H and O–H groups in total. The van der Waals surface area contributed by atoms with Gasteiger partial charge in [0.1, 0.15) is 0 Å². The first kappa shape index (κ1) is 17.1. The number of piperazine rings is 1. The van der Waals surface area contributed by atoms with Gasteiger partial charge in [-0.1, -0.05) is 23.8 Å². The van der Waals surface area contributed by atoms with Crippen LogP contribution < -0.4 is 10.6 Å². The largest absolute Gasteiger partial charge is 0.348 e. The van der Waals surface area contributed by atoms with Crippen LogP contribution in [0.5, 0.6) is 0 Å². The zero-order valence-electron chi connectivity index (χ0n) is 14.6. The van der Waals surface area contributed by atoms with E-state index in [1.165, 1.54) is 11.1 Å². The molecule has 0 aromatic heterocycles. The molecule has 24 heavy (non-hydrogen) atoms. The highest BCUT2D eigenvalue weighted by atomic mass is 16.1. The molecule has 1 fully saturated rings. The number of benzene rings is 1. The van der Waals surface area contributed by atoms with E-state index < -0.39 is 0 Å². The molecule has 0 atom stereocenters. The second kappa shape index (κ2) is 8.42. The Morgan fingerprint density at radius 1 is 1.17 bits per heavy atom. The Bertz CT molecular complexity index is 574. The van der Waals surface area contributed by atoms with Crippen LogP contribution in [0.3, 0.4) is 0 Å². The lowest BCUT2D eigenvalue weighted by atomic mass is 10.1. The van der Waals surface area contributed by atoms with Crippen molar-refractivity contribution < 1.29 is 4.79 Å². The summed E-state index contributed by atoms with van der Waals surface area (Å²) in [6.45, 7) is 8.03. The minimum absolute atomic E-state index is 0.0144. The van der Waals surface area contributed by atoms with Gasteiger partial charge in [-0.3, -0.25) is 9.69 Å². The Morgan fingerprint density at radius 2 is 1.92 bits per heavy atom. The Kier molecular flexibility index (Phi) is 6.01. The van der Waals surface area contributed by atoms with Crippen LogP contribution in [0.15, 0.2) is 35.9 Å². The lowest BCUT2D eigenvalue weighted by molar-refractivity contribution is 0.0956. The summed E-state index contributed by atoms with van der Waals surface area (Å²) in [6, 6.07) is 8.04. The second-order valence-corrected chi connectivity index (χ2v) is 6.78. The normalized spacial score (nSPS) is 19.8. The molecular weight excluding hydrogens is 300 g/mol. The predicted molar refractivity (Wildman–Crippen MR) is 97.1 cm³/mol. The molecule has 130 valence electrons. The van der Waals surface area contributed by atoms with Crippen molar-refractivity contribution in [2.24, 2.45) is 0 Å². The number of carbonyl (C=O) groups excluding carboxylic acids is 1. The SMILES string of the molecule is CN1CCN(Cc2ccc(C(=O)NCC3=CCNCC3)cc2)CC1. The van der Waals surface area contributed by atoms with Gasteiger partial charge in [0.25, 0.3) is 5.91 Å². The van der Waals surface area contributed by atoms with Gasteiger partial charge in [0.05, 0.1) is 0 Å². The van der Waals surface area contributed by atoms with E-state index in [4.69, 9.17) is 0 Å². The van der Waals surface area contributed by atoms with E-state index >= 15 is 0 Å². The fourth-order valence-electron chi connectivity index (χ4n) is 3.15. The molecule has 0 spiro atoms. The van der Waals surface area contributed by atoms with Gasteiger partial charge >= 0.3 is 0 Å². The van der Waals surface area contributed by atoms with Crippen molar-refractivity contribution in [2.45, 2.75) is 13.0 Å². The van der Waals surface area contributed by atoms with Crippen molar-refractivity contribution in [1.29, 1.82) is 0 Å².